The summed E-state index contributed by atoms with van der Waals surface area (Å²) in [5, 5.41) is 1.11. The molecule has 0 amide bonds. The van der Waals surface area contributed by atoms with Crippen molar-refractivity contribution in [3.8, 4) is 11.3 Å². The second kappa shape index (κ2) is 7.84. The molecule has 5 heterocycles. The lowest BCUT2D eigenvalue weighted by Gasteiger charge is -2.40. The van der Waals surface area contributed by atoms with Crippen molar-refractivity contribution in [1.82, 2.24) is 24.8 Å². The van der Waals surface area contributed by atoms with E-state index in [1.54, 1.807) is 17.5 Å². The topological polar surface area (TPSA) is 84.1 Å². The molecule has 2 N–H and O–H groups in total. The van der Waals surface area contributed by atoms with Gasteiger partial charge in [0.25, 0.3) is 0 Å². The number of nitrogen functional groups attached to an aromatic ring is 1. The molecule has 29 heavy (non-hydrogen) atoms. The third kappa shape index (κ3) is 3.79. The Balaban J connectivity index is 1.33. The summed E-state index contributed by atoms with van der Waals surface area (Å²) in [6.45, 7) is 6.69. The molecule has 3 aromatic heterocycles. The summed E-state index contributed by atoms with van der Waals surface area (Å²) >= 11 is 1.75. The molecule has 7 nitrogen and oxygen atoms in total. The maximum absolute atomic E-state index is 5.68. The van der Waals surface area contributed by atoms with E-state index in [1.807, 2.05) is 13.1 Å². The van der Waals surface area contributed by atoms with E-state index in [4.69, 9.17) is 10.7 Å². The van der Waals surface area contributed by atoms with Crippen LogP contribution in [0, 0.1) is 6.92 Å². The fourth-order valence-corrected chi connectivity index (χ4v) is 5.57. The quantitative estimate of drug-likeness (QED) is 0.709. The number of nitrogens with zero attached hydrogens (tertiary/aromatic N) is 6. The molecule has 152 valence electrons. The van der Waals surface area contributed by atoms with Crippen molar-refractivity contribution >= 4 is 32.6 Å². The zero-order valence-electron chi connectivity index (χ0n) is 16.8. The predicted octanol–water partition coefficient (Wildman–Crippen LogP) is 3.49. The van der Waals surface area contributed by atoms with Crippen molar-refractivity contribution < 1.29 is 0 Å². The first kappa shape index (κ1) is 18.7. The lowest BCUT2D eigenvalue weighted by atomic mass is 10.0. The van der Waals surface area contributed by atoms with E-state index in [1.165, 1.54) is 45.2 Å². The Labute approximate surface area is 175 Å². The molecule has 0 aliphatic carbocycles. The van der Waals surface area contributed by atoms with Crippen LogP contribution in [0.1, 0.15) is 37.8 Å². The fraction of sp³-hybridized carbons (Fsp3) is 0.524. The van der Waals surface area contributed by atoms with Crippen LogP contribution in [0.2, 0.25) is 0 Å². The minimum Gasteiger partial charge on any atom is -0.368 e. The van der Waals surface area contributed by atoms with Crippen molar-refractivity contribution in [2.24, 2.45) is 0 Å². The van der Waals surface area contributed by atoms with Gasteiger partial charge in [0.1, 0.15) is 5.52 Å². The number of thiazole rings is 1. The molecule has 2 aliphatic heterocycles. The number of fused-ring (bicyclic) bond motifs is 1. The first-order valence-electron chi connectivity index (χ1n) is 10.5. The lowest BCUT2D eigenvalue weighted by Crippen LogP contribution is -2.46. The summed E-state index contributed by atoms with van der Waals surface area (Å²) in [5.74, 6) is 0.292. The maximum atomic E-state index is 5.68. The number of nitrogens with two attached hydrogens (primary N) is 1. The lowest BCUT2D eigenvalue weighted by molar-refractivity contribution is 0.141. The third-order valence-corrected chi connectivity index (χ3v) is 7.26. The SMILES string of the molecule is Cc1nc(N)ncc1-c1cc2sc(N3CCC(N4CCCCC4)CC3)nc2cn1. The molecule has 0 atom stereocenters. The van der Waals surface area contributed by atoms with Gasteiger partial charge in [-0.25, -0.2) is 15.0 Å². The molecule has 8 heteroatoms. The Morgan fingerprint density at radius 2 is 1.79 bits per heavy atom. The number of piperidine rings is 2. The van der Waals surface area contributed by atoms with Crippen molar-refractivity contribution in [3.63, 3.8) is 0 Å². The number of aromatic nitrogens is 4. The summed E-state index contributed by atoms with van der Waals surface area (Å²) in [6.07, 6.45) is 10.2. The van der Waals surface area contributed by atoms with E-state index in [-0.39, 0.29) is 0 Å². The van der Waals surface area contributed by atoms with E-state index in [0.29, 0.717) is 5.95 Å². The van der Waals surface area contributed by atoms with Gasteiger partial charge in [-0.2, -0.15) is 0 Å². The highest BCUT2D eigenvalue weighted by Crippen LogP contribution is 2.33. The van der Waals surface area contributed by atoms with Gasteiger partial charge in [0.15, 0.2) is 5.13 Å². The van der Waals surface area contributed by atoms with Crippen molar-refractivity contribution in [2.75, 3.05) is 36.8 Å². The van der Waals surface area contributed by atoms with Crippen LogP contribution in [-0.4, -0.2) is 57.1 Å². The zero-order valence-corrected chi connectivity index (χ0v) is 17.7. The first-order valence-corrected chi connectivity index (χ1v) is 11.3. The molecule has 2 fully saturated rings. The van der Waals surface area contributed by atoms with Gasteiger partial charge in [-0.1, -0.05) is 17.8 Å². The normalized spacial score (nSPS) is 19.1. The Kier molecular flexibility index (Phi) is 5.05. The van der Waals surface area contributed by atoms with E-state index < -0.39 is 0 Å². The number of pyridine rings is 1. The van der Waals surface area contributed by atoms with Crippen LogP contribution >= 0.6 is 11.3 Å². The zero-order chi connectivity index (χ0) is 19.8. The second-order valence-electron chi connectivity index (χ2n) is 8.08. The summed E-state index contributed by atoms with van der Waals surface area (Å²) in [7, 11) is 0. The Hall–Kier alpha value is -2.32. The molecular weight excluding hydrogens is 382 g/mol. The number of aryl methyl sites for hydroxylation is 1. The second-order valence-corrected chi connectivity index (χ2v) is 9.08. The average Bonchev–Trinajstić information content (AvgIpc) is 3.18. The van der Waals surface area contributed by atoms with Gasteiger partial charge < -0.3 is 15.5 Å². The highest BCUT2D eigenvalue weighted by molar-refractivity contribution is 7.22. The monoisotopic (exact) mass is 409 g/mol. The van der Waals surface area contributed by atoms with E-state index in [0.717, 1.165) is 51.4 Å². The van der Waals surface area contributed by atoms with Crippen LogP contribution < -0.4 is 10.6 Å². The van der Waals surface area contributed by atoms with E-state index >= 15 is 0 Å². The van der Waals surface area contributed by atoms with E-state index in [9.17, 15) is 0 Å². The van der Waals surface area contributed by atoms with Gasteiger partial charge in [0, 0.05) is 30.9 Å². The molecule has 2 aliphatic rings. The maximum Gasteiger partial charge on any atom is 0.220 e. The van der Waals surface area contributed by atoms with Gasteiger partial charge in [0.05, 0.1) is 22.3 Å². The smallest absolute Gasteiger partial charge is 0.220 e. The highest BCUT2D eigenvalue weighted by Gasteiger charge is 2.26. The Morgan fingerprint density at radius 1 is 1.00 bits per heavy atom. The van der Waals surface area contributed by atoms with Crippen LogP contribution in [-0.2, 0) is 0 Å². The number of likely N-dealkylation sites (tertiary alicyclic amines) is 1. The molecule has 2 saturated heterocycles. The molecule has 0 bridgehead atoms. The summed E-state index contributed by atoms with van der Waals surface area (Å²) in [4.78, 5) is 23.0. The highest BCUT2D eigenvalue weighted by atomic mass is 32.1. The first-order chi connectivity index (χ1) is 14.2. The van der Waals surface area contributed by atoms with Crippen molar-refractivity contribution in [2.45, 2.75) is 45.1 Å². The van der Waals surface area contributed by atoms with Crippen LogP contribution in [0.3, 0.4) is 0 Å². The standard InChI is InChI=1S/C21H27N7S/c1-14-16(12-24-20(22)25-14)17-11-19-18(13-23-17)26-21(29-19)28-9-5-15(6-10-28)27-7-3-2-4-8-27/h11-13,15H,2-10H2,1H3,(H2,22,24,25). The molecule has 0 aromatic carbocycles. The number of hydrogen-bond donors (Lipinski definition) is 1. The van der Waals surface area contributed by atoms with Gasteiger partial charge >= 0.3 is 0 Å². The van der Waals surface area contributed by atoms with Crippen LogP contribution in [0.15, 0.2) is 18.5 Å². The predicted molar refractivity (Wildman–Crippen MR) is 118 cm³/mol. The van der Waals surface area contributed by atoms with Gasteiger partial charge in [-0.05, 0) is 51.8 Å². The molecule has 0 saturated carbocycles. The van der Waals surface area contributed by atoms with Crippen LogP contribution in [0.4, 0.5) is 11.1 Å². The number of anilines is 2. The van der Waals surface area contributed by atoms with Crippen LogP contribution in [0.5, 0.6) is 0 Å². The largest absolute Gasteiger partial charge is 0.368 e. The number of rotatable bonds is 3. The molecule has 0 radical (unpaired) electrons. The van der Waals surface area contributed by atoms with Crippen molar-refractivity contribution in [1.29, 1.82) is 0 Å². The summed E-state index contributed by atoms with van der Waals surface area (Å²) in [6, 6.07) is 2.85. The minimum absolute atomic E-state index is 0.292. The molecular formula is C21H27N7S. The van der Waals surface area contributed by atoms with Crippen LogP contribution in [0.25, 0.3) is 21.5 Å². The molecule has 0 unspecified atom stereocenters. The fourth-order valence-electron chi connectivity index (χ4n) is 4.54. The van der Waals surface area contributed by atoms with E-state index in [2.05, 4.69) is 30.8 Å². The third-order valence-electron chi connectivity index (χ3n) is 6.18. The molecule has 0 spiro atoms. The molecule has 3 aromatic rings. The van der Waals surface area contributed by atoms with Gasteiger partial charge in [-0.15, -0.1) is 0 Å². The summed E-state index contributed by atoms with van der Waals surface area (Å²) in [5.41, 5.74) is 9.27. The van der Waals surface area contributed by atoms with Gasteiger partial charge in [-0.3, -0.25) is 4.98 Å². The number of hydrogen-bond acceptors (Lipinski definition) is 8. The Bertz CT molecular complexity index is 1000. The Morgan fingerprint density at radius 3 is 2.55 bits per heavy atom. The summed E-state index contributed by atoms with van der Waals surface area (Å²) < 4.78 is 1.15. The minimum atomic E-state index is 0.292. The average molecular weight is 410 g/mol. The van der Waals surface area contributed by atoms with Crippen molar-refractivity contribution in [3.05, 3.63) is 24.2 Å². The molecule has 5 rings (SSSR count). The van der Waals surface area contributed by atoms with Gasteiger partial charge in [0.2, 0.25) is 5.95 Å².